The number of aliphatic hydroxyl groups is 1. The van der Waals surface area contributed by atoms with Gasteiger partial charge in [0.05, 0.1) is 32.2 Å². The number of likely N-dealkylation sites (N-methyl/N-ethyl adjacent to an activating group) is 1. The summed E-state index contributed by atoms with van der Waals surface area (Å²) in [5.41, 5.74) is 0. The lowest BCUT2D eigenvalue weighted by Gasteiger charge is -2.33. The lowest BCUT2D eigenvalue weighted by molar-refractivity contribution is -0.140. The van der Waals surface area contributed by atoms with E-state index in [1.54, 1.807) is 23.8 Å². The van der Waals surface area contributed by atoms with E-state index >= 15 is 0 Å². The Morgan fingerprint density at radius 1 is 0.731 bits per heavy atom. The van der Waals surface area contributed by atoms with E-state index in [4.69, 9.17) is 5.11 Å². The Morgan fingerprint density at radius 2 is 1.17 bits per heavy atom. The molecule has 52 heavy (non-hydrogen) atoms. The molecule has 2 fully saturated rings. The van der Waals surface area contributed by atoms with Crippen molar-refractivity contribution in [3.63, 3.8) is 0 Å². The van der Waals surface area contributed by atoms with Gasteiger partial charge in [-0.1, -0.05) is 20.8 Å². The van der Waals surface area contributed by atoms with Crippen LogP contribution in [0, 0.1) is 5.92 Å². The van der Waals surface area contributed by atoms with E-state index in [0.29, 0.717) is 64.8 Å². The largest absolute Gasteiger partial charge is 0.480 e. The van der Waals surface area contributed by atoms with Gasteiger partial charge in [0.15, 0.2) is 0 Å². The Balaban J connectivity index is 0. The van der Waals surface area contributed by atoms with Crippen LogP contribution in [0.4, 0.5) is 0 Å². The van der Waals surface area contributed by atoms with Crippen molar-refractivity contribution in [3.05, 3.63) is 0 Å². The number of Topliss-reactive ketones (excluding diaryl/α,β-unsaturated/α-hetero) is 1. The van der Waals surface area contributed by atoms with Crippen molar-refractivity contribution in [2.24, 2.45) is 5.92 Å². The zero-order valence-corrected chi connectivity index (χ0v) is 33.0. The third kappa shape index (κ3) is 27.6. The number of nitrogens with zero attached hydrogens (tertiary/aromatic N) is 4. The number of hydrogen-bond donors (Lipinski definition) is 6. The smallest absolute Gasteiger partial charge is 0.317 e. The van der Waals surface area contributed by atoms with Crippen molar-refractivity contribution < 1.29 is 44.1 Å². The van der Waals surface area contributed by atoms with Crippen LogP contribution in [-0.2, 0) is 28.8 Å². The third-order valence-electron chi connectivity index (χ3n) is 8.86. The number of rotatable bonds is 16. The van der Waals surface area contributed by atoms with E-state index < -0.39 is 11.9 Å². The van der Waals surface area contributed by atoms with Crippen molar-refractivity contribution in [3.8, 4) is 0 Å². The van der Waals surface area contributed by atoms with Crippen LogP contribution in [0.2, 0.25) is 0 Å². The first kappa shape index (κ1) is 51.1. The number of aliphatic hydroxyl groups excluding tert-OH is 1. The first-order valence-electron chi connectivity index (χ1n) is 18.8. The molecular formula is C36H71N7O9. The number of carboxylic acid groups (broad SMARTS) is 2. The van der Waals surface area contributed by atoms with E-state index in [1.807, 2.05) is 23.6 Å². The predicted octanol–water partition coefficient (Wildman–Crippen LogP) is 0.376. The molecule has 1 unspecified atom stereocenters. The standard InChI is InChI=1S/C23H41N5O6.C10H20N2O2.C2H6.CH4O/c1-19-2-4-20(5-3-19)24-21(30)16-26-8-6-25(14-15-29)7-9-27(17-22(31)32)12-13-28(11-10-26)18-23(33)34;1-8(13)10(11-3)6-4-5-7-12-9(2)14;2*1-2/h15,19-20H,2-14,16-18H2,1H3,(H,24,30)(H,31,32)(H,33,34);10-11H,4-7H2,1-3H3,(H,12,14);1-2H3;2H,1H3. The Labute approximate surface area is 312 Å². The predicted molar refractivity (Wildman–Crippen MR) is 202 cm³/mol. The van der Waals surface area contributed by atoms with Gasteiger partial charge in [0, 0.05) is 79.0 Å². The highest BCUT2D eigenvalue weighted by Gasteiger charge is 2.23. The second-order valence-corrected chi connectivity index (χ2v) is 13.0. The number of carbonyl (C=O) groups excluding carboxylic acids is 4. The van der Waals surface area contributed by atoms with Gasteiger partial charge in [-0.3, -0.25) is 43.6 Å². The maximum Gasteiger partial charge on any atom is 0.317 e. The number of unbranched alkanes of at least 4 members (excludes halogenated alkanes) is 1. The van der Waals surface area contributed by atoms with Crippen LogP contribution in [0.15, 0.2) is 0 Å². The van der Waals surface area contributed by atoms with Gasteiger partial charge >= 0.3 is 11.9 Å². The van der Waals surface area contributed by atoms with Crippen molar-refractivity contribution >= 4 is 35.8 Å². The molecule has 0 spiro atoms. The van der Waals surface area contributed by atoms with E-state index in [2.05, 4.69) is 22.9 Å². The Bertz CT molecular complexity index is 997. The summed E-state index contributed by atoms with van der Waals surface area (Å²) in [6, 6.07) is 0.179. The zero-order chi connectivity index (χ0) is 39.9. The fraction of sp³-hybridized carbons (Fsp3) is 0.833. The second-order valence-electron chi connectivity index (χ2n) is 13.0. The van der Waals surface area contributed by atoms with Gasteiger partial charge in [0.1, 0.15) is 12.1 Å². The minimum atomic E-state index is -0.941. The molecule has 0 aromatic carbocycles. The third-order valence-corrected chi connectivity index (χ3v) is 8.86. The number of aldehydes is 1. The average molecular weight is 746 g/mol. The van der Waals surface area contributed by atoms with Crippen LogP contribution in [0.3, 0.4) is 0 Å². The first-order chi connectivity index (χ1) is 24.8. The fourth-order valence-electron chi connectivity index (χ4n) is 5.89. The highest BCUT2D eigenvalue weighted by molar-refractivity contribution is 5.81. The molecule has 16 nitrogen and oxygen atoms in total. The molecule has 2 aliphatic rings. The second kappa shape index (κ2) is 32.6. The molecule has 304 valence electrons. The molecule has 1 atom stereocenters. The molecular weight excluding hydrogens is 674 g/mol. The van der Waals surface area contributed by atoms with Crippen LogP contribution in [0.5, 0.6) is 0 Å². The summed E-state index contributed by atoms with van der Waals surface area (Å²) in [4.78, 5) is 75.6. The normalized spacial score (nSPS) is 19.9. The molecule has 1 aliphatic heterocycles. The number of aliphatic carboxylic acids is 2. The van der Waals surface area contributed by atoms with Gasteiger partial charge in [0.2, 0.25) is 11.8 Å². The molecule has 2 amide bonds. The summed E-state index contributed by atoms with van der Waals surface area (Å²) in [7, 11) is 2.79. The summed E-state index contributed by atoms with van der Waals surface area (Å²) in [6.45, 7) is 14.1. The van der Waals surface area contributed by atoms with Crippen molar-refractivity contribution in [1.82, 2.24) is 35.6 Å². The Kier molecular flexibility index (Phi) is 32.0. The molecule has 1 heterocycles. The van der Waals surface area contributed by atoms with E-state index in [0.717, 1.165) is 58.3 Å². The molecule has 16 heteroatoms. The van der Waals surface area contributed by atoms with Crippen LogP contribution in [0.1, 0.15) is 79.6 Å². The van der Waals surface area contributed by atoms with Crippen LogP contribution in [0.25, 0.3) is 0 Å². The van der Waals surface area contributed by atoms with Crippen LogP contribution in [-0.4, -0.2) is 182 Å². The monoisotopic (exact) mass is 746 g/mol. The lowest BCUT2D eigenvalue weighted by Crippen LogP contribution is -2.50. The van der Waals surface area contributed by atoms with Gasteiger partial charge in [-0.15, -0.1) is 0 Å². The fourth-order valence-corrected chi connectivity index (χ4v) is 5.89. The molecule has 6 N–H and O–H groups in total. The lowest BCUT2D eigenvalue weighted by atomic mass is 9.87. The van der Waals surface area contributed by atoms with E-state index in [9.17, 15) is 39.0 Å². The summed E-state index contributed by atoms with van der Waals surface area (Å²) in [5, 5.41) is 34.4. The number of carbonyl (C=O) groups is 6. The number of hydrogen-bond acceptors (Lipinski definition) is 12. The van der Waals surface area contributed by atoms with Crippen LogP contribution < -0.4 is 16.0 Å². The minimum absolute atomic E-state index is 0.00161. The molecule has 0 aromatic heterocycles. The van der Waals surface area contributed by atoms with Crippen molar-refractivity contribution in [1.29, 1.82) is 0 Å². The Morgan fingerprint density at radius 3 is 1.56 bits per heavy atom. The number of carboxylic acids is 2. The van der Waals surface area contributed by atoms with Gasteiger partial charge < -0.3 is 36.1 Å². The molecule has 0 bridgehead atoms. The highest BCUT2D eigenvalue weighted by atomic mass is 16.4. The molecule has 1 aliphatic carbocycles. The van der Waals surface area contributed by atoms with Gasteiger partial charge in [-0.25, -0.2) is 0 Å². The molecule has 1 saturated carbocycles. The topological polar surface area (TPSA) is 212 Å². The first-order valence-corrected chi connectivity index (χ1v) is 18.8. The van der Waals surface area contributed by atoms with Crippen LogP contribution >= 0.6 is 0 Å². The minimum Gasteiger partial charge on any atom is -0.480 e. The van der Waals surface area contributed by atoms with E-state index in [-0.39, 0.29) is 55.9 Å². The highest BCUT2D eigenvalue weighted by Crippen LogP contribution is 2.23. The zero-order valence-electron chi connectivity index (χ0n) is 33.0. The maximum atomic E-state index is 12.8. The van der Waals surface area contributed by atoms with Crippen molar-refractivity contribution in [2.45, 2.75) is 91.6 Å². The number of amides is 2. The number of ketones is 1. The van der Waals surface area contributed by atoms with E-state index in [1.165, 1.54) is 6.92 Å². The summed E-state index contributed by atoms with van der Waals surface area (Å²) in [5.74, 6) is -1.02. The maximum absolute atomic E-state index is 12.8. The SMILES string of the molecule is CC.CC1CCC(NC(=O)CN2CCN(CC=O)CCN(CC(=O)O)CCN(CC(=O)O)CC2)CC1.CNC(CCCCNC(C)=O)C(C)=O.CO. The van der Waals surface area contributed by atoms with Gasteiger partial charge in [0.25, 0.3) is 0 Å². The number of nitrogens with one attached hydrogen (secondary N) is 3. The van der Waals surface area contributed by atoms with Gasteiger partial charge in [-0.2, -0.15) is 0 Å². The summed E-state index contributed by atoms with van der Waals surface area (Å²) >= 11 is 0. The molecule has 0 radical (unpaired) electrons. The molecule has 1 saturated heterocycles. The quantitative estimate of drug-likeness (QED) is 0.0932. The molecule has 0 aromatic rings. The van der Waals surface area contributed by atoms with Crippen molar-refractivity contribution in [2.75, 3.05) is 99.2 Å². The Hall–Kier alpha value is -3.02. The molecule has 2 rings (SSSR count). The summed E-state index contributed by atoms with van der Waals surface area (Å²) in [6.07, 6.45) is 7.79. The summed E-state index contributed by atoms with van der Waals surface area (Å²) < 4.78 is 0. The van der Waals surface area contributed by atoms with Gasteiger partial charge in [-0.05, 0) is 64.8 Å². The average Bonchev–Trinajstić information content (AvgIpc) is 3.10.